The van der Waals surface area contributed by atoms with Crippen LogP contribution in [0.5, 0.6) is 0 Å². The number of carbonyl (C=O) groups excluding carboxylic acids is 2. The quantitative estimate of drug-likeness (QED) is 0.818. The lowest BCUT2D eigenvalue weighted by Crippen LogP contribution is -2.31. The van der Waals surface area contributed by atoms with Gasteiger partial charge in [0.25, 0.3) is 0 Å². The van der Waals surface area contributed by atoms with Gasteiger partial charge in [0.1, 0.15) is 5.82 Å². The first-order valence-corrected chi connectivity index (χ1v) is 8.98. The molecular formula is C20H15FN2O2S. The van der Waals surface area contributed by atoms with Crippen LogP contribution in [0.4, 0.5) is 4.39 Å². The van der Waals surface area contributed by atoms with Gasteiger partial charge in [-0.05, 0) is 11.6 Å². The zero-order chi connectivity index (χ0) is 18.5. The van der Waals surface area contributed by atoms with Crippen LogP contribution in [-0.4, -0.2) is 17.4 Å². The van der Waals surface area contributed by atoms with Gasteiger partial charge in [-0.25, -0.2) is 4.39 Å². The number of amides is 1. The highest BCUT2D eigenvalue weighted by atomic mass is 32.2. The smallest absolute Gasteiger partial charge is 0.225 e. The van der Waals surface area contributed by atoms with Crippen LogP contribution < -0.4 is 5.32 Å². The molecule has 2 aromatic carbocycles. The van der Waals surface area contributed by atoms with Crippen LogP contribution in [0.1, 0.15) is 28.3 Å². The highest BCUT2D eigenvalue weighted by Crippen LogP contribution is 2.37. The van der Waals surface area contributed by atoms with Crippen molar-refractivity contribution in [2.45, 2.75) is 12.3 Å². The van der Waals surface area contributed by atoms with Gasteiger partial charge in [0.15, 0.2) is 5.78 Å². The predicted molar refractivity (Wildman–Crippen MR) is 97.8 cm³/mol. The number of benzene rings is 2. The number of thioether (sulfide) groups is 1. The van der Waals surface area contributed by atoms with E-state index < -0.39 is 11.7 Å². The maximum absolute atomic E-state index is 14.1. The summed E-state index contributed by atoms with van der Waals surface area (Å²) < 4.78 is 14.1. The molecule has 0 spiro atoms. The van der Waals surface area contributed by atoms with Crippen molar-refractivity contribution in [2.24, 2.45) is 0 Å². The van der Waals surface area contributed by atoms with Crippen LogP contribution in [0.15, 0.2) is 65.2 Å². The SMILES string of the molecule is N#CC1=C(SCC(=O)c2ccccc2)NC(=O)C[C@H]1c1ccccc1F. The van der Waals surface area contributed by atoms with E-state index in [2.05, 4.69) is 11.4 Å². The van der Waals surface area contributed by atoms with Crippen LogP contribution in [0, 0.1) is 17.1 Å². The highest BCUT2D eigenvalue weighted by molar-refractivity contribution is 8.03. The largest absolute Gasteiger partial charge is 0.320 e. The Morgan fingerprint density at radius 3 is 2.58 bits per heavy atom. The molecule has 130 valence electrons. The summed E-state index contributed by atoms with van der Waals surface area (Å²) in [7, 11) is 0. The number of hydrogen-bond donors (Lipinski definition) is 1. The molecule has 0 saturated carbocycles. The van der Waals surface area contributed by atoms with E-state index in [0.29, 0.717) is 16.2 Å². The van der Waals surface area contributed by atoms with Gasteiger partial charge in [-0.2, -0.15) is 5.26 Å². The van der Waals surface area contributed by atoms with E-state index in [0.717, 1.165) is 11.8 Å². The topological polar surface area (TPSA) is 70.0 Å². The summed E-state index contributed by atoms with van der Waals surface area (Å²) in [5.41, 5.74) is 1.15. The molecular weight excluding hydrogens is 351 g/mol. The van der Waals surface area contributed by atoms with Crippen molar-refractivity contribution in [1.29, 1.82) is 5.26 Å². The van der Waals surface area contributed by atoms with Crippen molar-refractivity contribution in [3.63, 3.8) is 0 Å². The Morgan fingerprint density at radius 2 is 1.88 bits per heavy atom. The first-order valence-electron chi connectivity index (χ1n) is 7.99. The van der Waals surface area contributed by atoms with Crippen molar-refractivity contribution in [3.05, 3.63) is 82.1 Å². The van der Waals surface area contributed by atoms with Gasteiger partial charge >= 0.3 is 0 Å². The molecule has 1 amide bonds. The van der Waals surface area contributed by atoms with Gasteiger partial charge < -0.3 is 5.32 Å². The van der Waals surface area contributed by atoms with Crippen molar-refractivity contribution in [1.82, 2.24) is 5.32 Å². The molecule has 4 nitrogen and oxygen atoms in total. The molecule has 0 saturated heterocycles. The predicted octanol–water partition coefficient (Wildman–Crippen LogP) is 3.78. The summed E-state index contributed by atoms with van der Waals surface area (Å²) in [6, 6.07) is 17.0. The van der Waals surface area contributed by atoms with Crippen LogP contribution in [0.3, 0.4) is 0 Å². The van der Waals surface area contributed by atoms with E-state index in [1.807, 2.05) is 6.07 Å². The van der Waals surface area contributed by atoms with Gasteiger partial charge in [0.2, 0.25) is 5.91 Å². The molecule has 1 aliphatic rings. The molecule has 0 radical (unpaired) electrons. The van der Waals surface area contributed by atoms with E-state index in [9.17, 15) is 19.2 Å². The molecule has 1 aliphatic heterocycles. The van der Waals surface area contributed by atoms with E-state index in [1.165, 1.54) is 6.07 Å². The van der Waals surface area contributed by atoms with Gasteiger partial charge in [-0.1, -0.05) is 60.3 Å². The van der Waals surface area contributed by atoms with Gasteiger partial charge in [0, 0.05) is 17.9 Å². The van der Waals surface area contributed by atoms with Crippen LogP contribution in [0.2, 0.25) is 0 Å². The van der Waals surface area contributed by atoms with Crippen LogP contribution in [-0.2, 0) is 4.79 Å². The second-order valence-corrected chi connectivity index (χ2v) is 6.74. The summed E-state index contributed by atoms with van der Waals surface area (Å²) in [6.07, 6.45) is 0.000514. The molecule has 0 aliphatic carbocycles. The summed E-state index contributed by atoms with van der Waals surface area (Å²) >= 11 is 1.09. The Bertz CT molecular complexity index is 919. The van der Waals surface area contributed by atoms with Gasteiger partial charge in [0.05, 0.1) is 22.4 Å². The van der Waals surface area contributed by atoms with E-state index in [1.54, 1.807) is 42.5 Å². The Hall–Kier alpha value is -2.91. The minimum absolute atomic E-state index is 0.000514. The van der Waals surface area contributed by atoms with Crippen LogP contribution in [0.25, 0.3) is 0 Å². The third-order valence-electron chi connectivity index (χ3n) is 4.08. The Morgan fingerprint density at radius 1 is 1.19 bits per heavy atom. The average Bonchev–Trinajstić information content (AvgIpc) is 2.66. The van der Waals surface area contributed by atoms with Crippen molar-refractivity contribution in [3.8, 4) is 6.07 Å². The number of halogens is 1. The summed E-state index contributed by atoms with van der Waals surface area (Å²) in [6.45, 7) is 0. The third kappa shape index (κ3) is 3.84. The van der Waals surface area contributed by atoms with Gasteiger partial charge in [-0.3, -0.25) is 9.59 Å². The zero-order valence-corrected chi connectivity index (χ0v) is 14.6. The van der Waals surface area contributed by atoms with E-state index >= 15 is 0 Å². The maximum atomic E-state index is 14.1. The minimum Gasteiger partial charge on any atom is -0.320 e. The summed E-state index contributed by atoms with van der Waals surface area (Å²) in [5.74, 6) is -1.43. The van der Waals surface area contributed by atoms with E-state index in [4.69, 9.17) is 0 Å². The molecule has 1 N–H and O–H groups in total. The summed E-state index contributed by atoms with van der Waals surface area (Å²) in [4.78, 5) is 24.3. The second kappa shape index (κ2) is 7.98. The summed E-state index contributed by atoms with van der Waals surface area (Å²) in [5, 5.41) is 12.5. The number of Topliss-reactive ketones (excluding diaryl/α,β-unsaturated/α-hetero) is 1. The molecule has 0 unspecified atom stereocenters. The molecule has 0 aromatic heterocycles. The zero-order valence-electron chi connectivity index (χ0n) is 13.7. The van der Waals surface area contributed by atoms with Crippen LogP contribution >= 0.6 is 11.8 Å². The number of allylic oxidation sites excluding steroid dienone is 1. The molecule has 3 rings (SSSR count). The molecule has 0 bridgehead atoms. The fourth-order valence-electron chi connectivity index (χ4n) is 2.80. The standard InChI is InChI=1S/C20H15FN2O2S/c21-17-9-5-4-8-14(17)15-10-19(25)23-20(16(15)11-22)26-12-18(24)13-6-2-1-3-7-13/h1-9,15H,10,12H2,(H,23,25)/t15-/m0/s1. The number of ketones is 1. The number of nitriles is 1. The number of nitrogens with one attached hydrogen (secondary N) is 1. The Balaban J connectivity index is 1.86. The Kier molecular flexibility index (Phi) is 5.49. The highest BCUT2D eigenvalue weighted by Gasteiger charge is 2.31. The minimum atomic E-state index is -0.649. The Labute approximate surface area is 154 Å². The first-order chi connectivity index (χ1) is 12.6. The molecule has 1 heterocycles. The van der Waals surface area contributed by atoms with E-state index in [-0.39, 0.29) is 29.4 Å². The lowest BCUT2D eigenvalue weighted by molar-refractivity contribution is -0.120. The number of hydrogen-bond acceptors (Lipinski definition) is 4. The van der Waals surface area contributed by atoms with Gasteiger partial charge in [-0.15, -0.1) is 0 Å². The second-order valence-electron chi connectivity index (χ2n) is 5.76. The van der Waals surface area contributed by atoms with Crippen molar-refractivity contribution >= 4 is 23.5 Å². The fourth-order valence-corrected chi connectivity index (χ4v) is 3.77. The molecule has 1 atom stereocenters. The first kappa shape index (κ1) is 17.9. The third-order valence-corrected chi connectivity index (χ3v) is 5.10. The number of nitrogens with zero attached hydrogens (tertiary/aromatic N) is 1. The molecule has 2 aromatic rings. The number of rotatable bonds is 5. The lowest BCUT2D eigenvalue weighted by atomic mass is 9.87. The maximum Gasteiger partial charge on any atom is 0.225 e. The fraction of sp³-hybridized carbons (Fsp3) is 0.150. The normalized spacial score (nSPS) is 16.8. The lowest BCUT2D eigenvalue weighted by Gasteiger charge is -2.25. The molecule has 26 heavy (non-hydrogen) atoms. The number of carbonyl (C=O) groups is 2. The average molecular weight is 366 g/mol. The molecule has 0 fully saturated rings. The monoisotopic (exact) mass is 366 g/mol. The molecule has 6 heteroatoms. The van der Waals surface area contributed by atoms with Crippen molar-refractivity contribution < 1.29 is 14.0 Å². The van der Waals surface area contributed by atoms with Crippen molar-refractivity contribution in [2.75, 3.05) is 5.75 Å².